The fourth-order valence-electron chi connectivity index (χ4n) is 4.34. The number of aromatic nitrogens is 1. The Kier molecular flexibility index (Phi) is 6.90. The molecule has 0 spiro atoms. The van der Waals surface area contributed by atoms with Crippen molar-refractivity contribution in [2.24, 2.45) is 0 Å². The van der Waals surface area contributed by atoms with Gasteiger partial charge in [0.25, 0.3) is 0 Å². The van der Waals surface area contributed by atoms with Crippen molar-refractivity contribution >= 4 is 22.8 Å². The van der Waals surface area contributed by atoms with Crippen LogP contribution in [0.5, 0.6) is 0 Å². The normalized spacial score (nSPS) is 15.4. The van der Waals surface area contributed by atoms with E-state index in [0.29, 0.717) is 25.3 Å². The molecule has 1 N–H and O–H groups in total. The van der Waals surface area contributed by atoms with Crippen molar-refractivity contribution in [3.05, 3.63) is 70.9 Å². The zero-order valence-corrected chi connectivity index (χ0v) is 18.7. The van der Waals surface area contributed by atoms with Gasteiger partial charge in [-0.15, -0.1) is 0 Å². The van der Waals surface area contributed by atoms with Crippen molar-refractivity contribution in [2.75, 3.05) is 19.8 Å². The Balaban J connectivity index is 1.65. The lowest BCUT2D eigenvalue weighted by Gasteiger charge is -2.25. The molecule has 4 rings (SSSR count). The van der Waals surface area contributed by atoms with Crippen LogP contribution >= 0.6 is 0 Å². The molecule has 0 saturated heterocycles. The van der Waals surface area contributed by atoms with Crippen molar-refractivity contribution < 1.29 is 19.1 Å². The van der Waals surface area contributed by atoms with Crippen LogP contribution in [-0.2, 0) is 27.2 Å². The van der Waals surface area contributed by atoms with Crippen LogP contribution < -0.4 is 5.32 Å². The largest absolute Gasteiger partial charge is 0.465 e. The molecular weight excluding hydrogens is 404 g/mol. The topological polar surface area (TPSA) is 69.6 Å². The molecule has 0 saturated carbocycles. The minimum atomic E-state index is -0.487. The fraction of sp³-hybridized carbons (Fsp3) is 0.385. The first-order valence-corrected chi connectivity index (χ1v) is 11.4. The number of ether oxygens (including phenoxy) is 2. The van der Waals surface area contributed by atoms with Gasteiger partial charge in [-0.1, -0.05) is 43.7 Å². The Morgan fingerprint density at radius 1 is 1.06 bits per heavy atom. The number of unbranched alkanes of at least 4 members (excludes halogenated alkanes) is 1. The van der Waals surface area contributed by atoms with Gasteiger partial charge >= 0.3 is 11.9 Å². The zero-order valence-electron chi connectivity index (χ0n) is 18.7. The summed E-state index contributed by atoms with van der Waals surface area (Å²) in [4.78, 5) is 24.9. The number of esters is 2. The molecule has 168 valence electrons. The lowest BCUT2D eigenvalue weighted by molar-refractivity contribution is -0.146. The molecule has 0 bridgehead atoms. The van der Waals surface area contributed by atoms with Crippen LogP contribution in [0.15, 0.2) is 48.5 Å². The monoisotopic (exact) mass is 434 g/mol. The van der Waals surface area contributed by atoms with E-state index in [1.165, 1.54) is 10.9 Å². The van der Waals surface area contributed by atoms with Gasteiger partial charge in [-0.3, -0.25) is 5.32 Å². The summed E-state index contributed by atoms with van der Waals surface area (Å²) in [6.07, 6.45) is 2.72. The van der Waals surface area contributed by atoms with Gasteiger partial charge in [0.15, 0.2) is 0 Å². The van der Waals surface area contributed by atoms with E-state index in [4.69, 9.17) is 9.47 Å². The molecule has 1 unspecified atom stereocenters. The van der Waals surface area contributed by atoms with Gasteiger partial charge in [0.1, 0.15) is 6.04 Å². The molecule has 0 fully saturated rings. The lowest BCUT2D eigenvalue weighted by atomic mass is 9.99. The van der Waals surface area contributed by atoms with Crippen molar-refractivity contribution in [2.45, 2.75) is 45.7 Å². The molecule has 1 aromatic heterocycles. The van der Waals surface area contributed by atoms with Crippen LogP contribution in [0, 0.1) is 0 Å². The maximum Gasteiger partial charge on any atom is 0.338 e. The summed E-state index contributed by atoms with van der Waals surface area (Å²) < 4.78 is 12.9. The predicted octanol–water partition coefficient (Wildman–Crippen LogP) is 4.40. The average molecular weight is 435 g/mol. The van der Waals surface area contributed by atoms with Crippen LogP contribution in [0.3, 0.4) is 0 Å². The number of hydrogen-bond donors (Lipinski definition) is 1. The minimum absolute atomic E-state index is 0.248. The van der Waals surface area contributed by atoms with Crippen LogP contribution in [0.2, 0.25) is 0 Å². The maximum absolute atomic E-state index is 12.7. The molecule has 1 atom stereocenters. The summed E-state index contributed by atoms with van der Waals surface area (Å²) in [5.41, 5.74) is 4.87. The van der Waals surface area contributed by atoms with Crippen molar-refractivity contribution in [3.8, 4) is 0 Å². The SMILES string of the molecule is CCCCOC(=O)c1ccc(Cn2c3c(c4ccccc42)CCNC3C(=O)OCC)cc1. The predicted molar refractivity (Wildman–Crippen MR) is 124 cm³/mol. The molecule has 1 aliphatic heterocycles. The number of hydrogen-bond acceptors (Lipinski definition) is 5. The molecular formula is C26H30N2O4. The third kappa shape index (κ3) is 4.41. The molecule has 0 aliphatic carbocycles. The molecule has 0 amide bonds. The molecule has 32 heavy (non-hydrogen) atoms. The summed E-state index contributed by atoms with van der Waals surface area (Å²) in [7, 11) is 0. The number of rotatable bonds is 8. The first kappa shape index (κ1) is 22.1. The van der Waals surface area contributed by atoms with E-state index < -0.39 is 6.04 Å². The first-order valence-electron chi connectivity index (χ1n) is 11.4. The summed E-state index contributed by atoms with van der Waals surface area (Å²) in [5, 5.41) is 4.51. The average Bonchev–Trinajstić information content (AvgIpc) is 3.13. The van der Waals surface area contributed by atoms with E-state index in [1.54, 1.807) is 0 Å². The third-order valence-corrected chi connectivity index (χ3v) is 5.90. The lowest BCUT2D eigenvalue weighted by Crippen LogP contribution is -2.37. The van der Waals surface area contributed by atoms with Gasteiger partial charge in [0.05, 0.1) is 24.5 Å². The second-order valence-electron chi connectivity index (χ2n) is 8.04. The second-order valence-corrected chi connectivity index (χ2v) is 8.04. The summed E-state index contributed by atoms with van der Waals surface area (Å²) in [5.74, 6) is -0.539. The Labute approximate surface area is 188 Å². The van der Waals surface area contributed by atoms with Gasteiger partial charge in [0.2, 0.25) is 0 Å². The van der Waals surface area contributed by atoms with E-state index in [-0.39, 0.29) is 11.9 Å². The smallest absolute Gasteiger partial charge is 0.338 e. The van der Waals surface area contributed by atoms with Crippen LogP contribution in [0.25, 0.3) is 10.9 Å². The Morgan fingerprint density at radius 3 is 2.59 bits per heavy atom. The van der Waals surface area contributed by atoms with Crippen LogP contribution in [0.1, 0.15) is 59.9 Å². The summed E-state index contributed by atoms with van der Waals surface area (Å²) in [6.45, 7) is 6.02. The number of nitrogens with one attached hydrogen (secondary N) is 1. The molecule has 6 heteroatoms. The Morgan fingerprint density at radius 2 is 1.84 bits per heavy atom. The Bertz CT molecular complexity index is 1100. The van der Waals surface area contributed by atoms with Gasteiger partial charge < -0.3 is 14.0 Å². The number of nitrogens with zero attached hydrogens (tertiary/aromatic N) is 1. The summed E-state index contributed by atoms with van der Waals surface area (Å²) >= 11 is 0. The van der Waals surface area contributed by atoms with Gasteiger partial charge in [0, 0.05) is 24.0 Å². The fourth-order valence-corrected chi connectivity index (χ4v) is 4.34. The highest BCUT2D eigenvalue weighted by atomic mass is 16.5. The molecule has 6 nitrogen and oxygen atoms in total. The first-order chi connectivity index (χ1) is 15.6. The van der Waals surface area contributed by atoms with E-state index in [0.717, 1.165) is 42.6 Å². The molecule has 2 heterocycles. The van der Waals surface area contributed by atoms with Crippen LogP contribution in [0.4, 0.5) is 0 Å². The molecule has 1 aliphatic rings. The van der Waals surface area contributed by atoms with Crippen molar-refractivity contribution in [1.29, 1.82) is 0 Å². The van der Waals surface area contributed by atoms with Gasteiger partial charge in [-0.25, -0.2) is 9.59 Å². The van der Waals surface area contributed by atoms with Crippen molar-refractivity contribution in [1.82, 2.24) is 9.88 Å². The van der Waals surface area contributed by atoms with Gasteiger partial charge in [-0.2, -0.15) is 0 Å². The highest BCUT2D eigenvalue weighted by Gasteiger charge is 2.33. The molecule has 0 radical (unpaired) electrons. The molecule has 3 aromatic rings. The van der Waals surface area contributed by atoms with E-state index >= 15 is 0 Å². The highest BCUT2D eigenvalue weighted by molar-refractivity contribution is 5.90. The number of benzene rings is 2. The second kappa shape index (κ2) is 10.0. The number of fused-ring (bicyclic) bond motifs is 3. The van der Waals surface area contributed by atoms with Crippen molar-refractivity contribution in [3.63, 3.8) is 0 Å². The minimum Gasteiger partial charge on any atom is -0.465 e. The standard InChI is InChI=1S/C26H30N2O4/c1-3-5-16-32-25(29)19-12-10-18(11-13-19)17-28-22-9-7-6-8-20(22)21-14-15-27-23(24(21)28)26(30)31-4-2/h6-13,23,27H,3-5,14-17H2,1-2H3. The zero-order chi connectivity index (χ0) is 22.5. The maximum atomic E-state index is 12.7. The van der Waals surface area contributed by atoms with Crippen LogP contribution in [-0.4, -0.2) is 36.3 Å². The van der Waals surface area contributed by atoms with E-state index in [2.05, 4.69) is 28.9 Å². The number of carbonyl (C=O) groups excluding carboxylic acids is 2. The highest BCUT2D eigenvalue weighted by Crippen LogP contribution is 2.34. The van der Waals surface area contributed by atoms with E-state index in [1.807, 2.05) is 43.3 Å². The summed E-state index contributed by atoms with van der Waals surface area (Å²) in [6, 6.07) is 15.3. The van der Waals surface area contributed by atoms with E-state index in [9.17, 15) is 9.59 Å². The quantitative estimate of drug-likeness (QED) is 0.420. The molecule has 2 aromatic carbocycles. The Hall–Kier alpha value is -3.12. The number of para-hydroxylation sites is 1. The third-order valence-electron chi connectivity index (χ3n) is 5.90. The van der Waals surface area contributed by atoms with Gasteiger partial charge in [-0.05, 0) is 49.1 Å². The number of carbonyl (C=O) groups is 2.